The zero-order chi connectivity index (χ0) is 14.0. The normalized spacial score (nSPS) is 20.1. The highest BCUT2D eigenvalue weighted by Gasteiger charge is 2.24. The highest BCUT2D eigenvalue weighted by atomic mass is 32.2. The molecular weight excluding hydrogens is 274 g/mol. The Kier molecular flexibility index (Phi) is 3.67. The van der Waals surface area contributed by atoms with E-state index in [0.29, 0.717) is 11.0 Å². The summed E-state index contributed by atoms with van der Waals surface area (Å²) in [5.41, 5.74) is 1.33. The molecule has 6 heteroatoms. The van der Waals surface area contributed by atoms with Gasteiger partial charge in [0.15, 0.2) is 14.9 Å². The van der Waals surface area contributed by atoms with Gasteiger partial charge < -0.3 is 5.32 Å². The van der Waals surface area contributed by atoms with Gasteiger partial charge in [0, 0.05) is 6.04 Å². The molecule has 1 atom stereocenters. The van der Waals surface area contributed by atoms with Crippen LogP contribution in [0.3, 0.4) is 0 Å². The van der Waals surface area contributed by atoms with Crippen molar-refractivity contribution in [2.45, 2.75) is 30.3 Å². The Bertz CT molecular complexity index is 709. The lowest BCUT2D eigenvalue weighted by Gasteiger charge is -2.22. The SMILES string of the molecule is O=S(=O)(C[C@H]1CCCCN1)c1cnc2ccccc2n1. The number of para-hydroxylation sites is 2. The minimum absolute atomic E-state index is 0.0296. The first-order chi connectivity index (χ1) is 9.65. The Labute approximate surface area is 118 Å². The van der Waals surface area contributed by atoms with Crippen molar-refractivity contribution in [2.24, 2.45) is 0 Å². The molecule has 0 unspecified atom stereocenters. The van der Waals surface area contributed by atoms with Crippen molar-refractivity contribution >= 4 is 20.9 Å². The quantitative estimate of drug-likeness (QED) is 0.929. The molecule has 0 saturated carbocycles. The summed E-state index contributed by atoms with van der Waals surface area (Å²) in [7, 11) is -3.39. The van der Waals surface area contributed by atoms with Crippen molar-refractivity contribution in [1.29, 1.82) is 0 Å². The van der Waals surface area contributed by atoms with E-state index >= 15 is 0 Å². The predicted molar refractivity (Wildman–Crippen MR) is 77.2 cm³/mol. The smallest absolute Gasteiger partial charge is 0.198 e. The standard InChI is InChI=1S/C14H17N3O2S/c18-20(19,10-11-5-3-4-8-15-11)14-9-16-12-6-1-2-7-13(12)17-14/h1-2,6-7,9,11,15H,3-5,8,10H2/t11-/m1/s1. The van der Waals surface area contributed by atoms with Crippen LogP contribution in [0.2, 0.25) is 0 Å². The molecule has 3 rings (SSSR count). The van der Waals surface area contributed by atoms with Crippen LogP contribution in [0.5, 0.6) is 0 Å². The molecule has 1 N–H and O–H groups in total. The summed E-state index contributed by atoms with van der Waals surface area (Å²) in [5, 5.41) is 3.33. The molecule has 0 aliphatic carbocycles. The molecular formula is C14H17N3O2S. The van der Waals surface area contributed by atoms with Gasteiger partial charge in [0.25, 0.3) is 0 Å². The first kappa shape index (κ1) is 13.5. The summed E-state index contributed by atoms with van der Waals surface area (Å²) >= 11 is 0. The summed E-state index contributed by atoms with van der Waals surface area (Å²) in [6.45, 7) is 0.892. The summed E-state index contributed by atoms with van der Waals surface area (Å²) in [4.78, 5) is 8.41. The average molecular weight is 291 g/mol. The average Bonchev–Trinajstić information content (AvgIpc) is 2.47. The number of rotatable bonds is 3. The van der Waals surface area contributed by atoms with Crippen LogP contribution in [-0.4, -0.2) is 36.7 Å². The van der Waals surface area contributed by atoms with Crippen LogP contribution in [-0.2, 0) is 9.84 Å². The first-order valence-corrected chi connectivity index (χ1v) is 8.48. The summed E-state index contributed by atoms with van der Waals surface area (Å²) < 4.78 is 24.8. The Balaban J connectivity index is 1.88. The van der Waals surface area contributed by atoms with Crippen LogP contribution >= 0.6 is 0 Å². The fourth-order valence-corrected chi connectivity index (χ4v) is 3.94. The number of hydrogen-bond acceptors (Lipinski definition) is 5. The summed E-state index contributed by atoms with van der Waals surface area (Å²) in [6, 6.07) is 7.32. The topological polar surface area (TPSA) is 72.0 Å². The van der Waals surface area contributed by atoms with E-state index in [1.54, 1.807) is 6.07 Å². The maximum absolute atomic E-state index is 12.4. The number of sulfone groups is 1. The lowest BCUT2D eigenvalue weighted by molar-refractivity contribution is 0.423. The Hall–Kier alpha value is -1.53. The second-order valence-corrected chi connectivity index (χ2v) is 7.11. The third kappa shape index (κ3) is 2.81. The van der Waals surface area contributed by atoms with Crippen LogP contribution in [0.15, 0.2) is 35.5 Å². The van der Waals surface area contributed by atoms with E-state index in [0.717, 1.165) is 25.8 Å². The maximum Gasteiger partial charge on any atom is 0.198 e. The van der Waals surface area contributed by atoms with Crippen molar-refractivity contribution in [1.82, 2.24) is 15.3 Å². The van der Waals surface area contributed by atoms with Crippen LogP contribution < -0.4 is 5.32 Å². The highest BCUT2D eigenvalue weighted by molar-refractivity contribution is 7.91. The van der Waals surface area contributed by atoms with Crippen LogP contribution in [0.25, 0.3) is 11.0 Å². The van der Waals surface area contributed by atoms with Crippen molar-refractivity contribution in [3.05, 3.63) is 30.5 Å². The molecule has 1 fully saturated rings. The molecule has 2 heterocycles. The van der Waals surface area contributed by atoms with Gasteiger partial charge in [-0.1, -0.05) is 18.6 Å². The minimum atomic E-state index is -3.39. The second-order valence-electron chi connectivity index (χ2n) is 5.13. The molecule has 1 saturated heterocycles. The van der Waals surface area contributed by atoms with Crippen molar-refractivity contribution in [2.75, 3.05) is 12.3 Å². The van der Waals surface area contributed by atoms with Crippen molar-refractivity contribution in [3.8, 4) is 0 Å². The van der Waals surface area contributed by atoms with Gasteiger partial charge in [0.1, 0.15) is 0 Å². The van der Waals surface area contributed by atoms with Crippen LogP contribution in [0.1, 0.15) is 19.3 Å². The highest BCUT2D eigenvalue weighted by Crippen LogP contribution is 2.16. The summed E-state index contributed by atoms with van der Waals surface area (Å²) in [6.07, 6.45) is 4.46. The molecule has 1 aromatic carbocycles. The van der Waals surface area contributed by atoms with E-state index in [9.17, 15) is 8.42 Å². The lowest BCUT2D eigenvalue weighted by Crippen LogP contribution is -2.39. The van der Waals surface area contributed by atoms with Gasteiger partial charge in [-0.25, -0.2) is 13.4 Å². The zero-order valence-electron chi connectivity index (χ0n) is 11.1. The molecule has 20 heavy (non-hydrogen) atoms. The number of nitrogens with one attached hydrogen (secondary N) is 1. The Morgan fingerprint density at radius 3 is 2.75 bits per heavy atom. The monoisotopic (exact) mass is 291 g/mol. The Morgan fingerprint density at radius 2 is 2.00 bits per heavy atom. The molecule has 106 valence electrons. The molecule has 1 aliphatic rings. The fraction of sp³-hybridized carbons (Fsp3) is 0.429. The van der Waals surface area contributed by atoms with E-state index in [1.165, 1.54) is 6.20 Å². The zero-order valence-corrected chi connectivity index (χ0v) is 11.9. The molecule has 0 spiro atoms. The van der Waals surface area contributed by atoms with E-state index in [4.69, 9.17) is 0 Å². The van der Waals surface area contributed by atoms with Crippen molar-refractivity contribution in [3.63, 3.8) is 0 Å². The van der Waals surface area contributed by atoms with Gasteiger partial charge in [-0.15, -0.1) is 0 Å². The largest absolute Gasteiger partial charge is 0.313 e. The fourth-order valence-electron chi connectivity index (χ4n) is 2.51. The molecule has 5 nitrogen and oxygen atoms in total. The maximum atomic E-state index is 12.4. The lowest BCUT2D eigenvalue weighted by atomic mass is 10.1. The van der Waals surface area contributed by atoms with Gasteiger partial charge in [-0.2, -0.15) is 0 Å². The van der Waals surface area contributed by atoms with Crippen LogP contribution in [0, 0.1) is 0 Å². The number of fused-ring (bicyclic) bond motifs is 1. The number of benzene rings is 1. The Morgan fingerprint density at radius 1 is 1.20 bits per heavy atom. The molecule has 0 amide bonds. The minimum Gasteiger partial charge on any atom is -0.313 e. The summed E-state index contributed by atoms with van der Waals surface area (Å²) in [5.74, 6) is 0.0972. The molecule has 1 aliphatic heterocycles. The number of aromatic nitrogens is 2. The van der Waals surface area contributed by atoms with Gasteiger partial charge in [-0.05, 0) is 31.5 Å². The van der Waals surface area contributed by atoms with Gasteiger partial charge in [0.2, 0.25) is 0 Å². The van der Waals surface area contributed by atoms with Gasteiger partial charge in [0.05, 0.1) is 23.0 Å². The van der Waals surface area contributed by atoms with E-state index in [-0.39, 0.29) is 16.8 Å². The first-order valence-electron chi connectivity index (χ1n) is 6.83. The van der Waals surface area contributed by atoms with Crippen molar-refractivity contribution < 1.29 is 8.42 Å². The van der Waals surface area contributed by atoms with Crippen LogP contribution in [0.4, 0.5) is 0 Å². The second kappa shape index (κ2) is 5.46. The molecule has 0 bridgehead atoms. The molecule has 1 aromatic heterocycles. The number of piperidine rings is 1. The third-order valence-electron chi connectivity index (χ3n) is 3.58. The van der Waals surface area contributed by atoms with E-state index < -0.39 is 9.84 Å². The van der Waals surface area contributed by atoms with E-state index in [2.05, 4.69) is 15.3 Å². The van der Waals surface area contributed by atoms with Gasteiger partial charge >= 0.3 is 0 Å². The predicted octanol–water partition coefficient (Wildman–Crippen LogP) is 1.55. The number of hydrogen-bond donors (Lipinski definition) is 1. The third-order valence-corrected chi connectivity index (χ3v) is 5.25. The molecule has 0 radical (unpaired) electrons. The van der Waals surface area contributed by atoms with Gasteiger partial charge in [-0.3, -0.25) is 4.98 Å². The number of nitrogens with zero attached hydrogens (tertiary/aromatic N) is 2. The molecule has 2 aromatic rings. The van der Waals surface area contributed by atoms with E-state index in [1.807, 2.05) is 18.2 Å².